The Balaban J connectivity index is 2.24. The van der Waals surface area contributed by atoms with E-state index in [9.17, 15) is 4.79 Å². The second kappa shape index (κ2) is 4.73. The molecule has 0 amide bonds. The molecule has 0 aliphatic rings. The largest absolute Gasteiger partial charge is 0.481 e. The standard InChI is InChI=1S/C11H12N4O2/c1-15-9(4-5-10(16)17)13-14-11(15)8-3-2-6-12-7-8/h2-3,6-7H,4-5H2,1H3,(H,16,17). The Hall–Kier alpha value is -2.24. The third kappa shape index (κ3) is 2.47. The van der Waals surface area contributed by atoms with Crippen LogP contribution in [-0.4, -0.2) is 30.8 Å². The maximum absolute atomic E-state index is 10.5. The van der Waals surface area contributed by atoms with Gasteiger partial charge in [-0.3, -0.25) is 9.78 Å². The SMILES string of the molecule is Cn1c(CCC(=O)O)nnc1-c1cccnc1. The van der Waals surface area contributed by atoms with Crippen LogP contribution in [0.2, 0.25) is 0 Å². The van der Waals surface area contributed by atoms with E-state index in [1.807, 2.05) is 19.2 Å². The molecule has 0 bridgehead atoms. The fourth-order valence-corrected chi connectivity index (χ4v) is 1.54. The van der Waals surface area contributed by atoms with Gasteiger partial charge in [-0.1, -0.05) is 0 Å². The molecule has 0 saturated heterocycles. The lowest BCUT2D eigenvalue weighted by Crippen LogP contribution is -2.04. The highest BCUT2D eigenvalue weighted by Crippen LogP contribution is 2.15. The minimum atomic E-state index is -0.837. The van der Waals surface area contributed by atoms with Gasteiger partial charge in [0.2, 0.25) is 0 Å². The number of carboxylic acids is 1. The van der Waals surface area contributed by atoms with E-state index in [4.69, 9.17) is 5.11 Å². The van der Waals surface area contributed by atoms with Crippen LogP contribution < -0.4 is 0 Å². The summed E-state index contributed by atoms with van der Waals surface area (Å²) in [5.74, 6) is 0.515. The number of hydrogen-bond acceptors (Lipinski definition) is 4. The van der Waals surface area contributed by atoms with Gasteiger partial charge in [-0.25, -0.2) is 0 Å². The lowest BCUT2D eigenvalue weighted by molar-refractivity contribution is -0.137. The summed E-state index contributed by atoms with van der Waals surface area (Å²) in [6, 6.07) is 3.71. The number of nitrogens with zero attached hydrogens (tertiary/aromatic N) is 4. The maximum atomic E-state index is 10.5. The first-order valence-corrected chi connectivity index (χ1v) is 5.19. The van der Waals surface area contributed by atoms with Crippen molar-refractivity contribution in [1.29, 1.82) is 0 Å². The number of rotatable bonds is 4. The lowest BCUT2D eigenvalue weighted by atomic mass is 10.2. The molecule has 2 heterocycles. The summed E-state index contributed by atoms with van der Waals surface area (Å²) < 4.78 is 1.79. The molecule has 1 N–H and O–H groups in total. The highest BCUT2D eigenvalue weighted by molar-refractivity contribution is 5.67. The lowest BCUT2D eigenvalue weighted by Gasteiger charge is -2.02. The van der Waals surface area contributed by atoms with Crippen molar-refractivity contribution < 1.29 is 9.90 Å². The number of carboxylic acid groups (broad SMARTS) is 1. The minimum Gasteiger partial charge on any atom is -0.481 e. The normalized spacial score (nSPS) is 10.4. The predicted molar refractivity (Wildman–Crippen MR) is 60.2 cm³/mol. The van der Waals surface area contributed by atoms with Crippen molar-refractivity contribution in [1.82, 2.24) is 19.7 Å². The van der Waals surface area contributed by atoms with E-state index in [2.05, 4.69) is 15.2 Å². The summed E-state index contributed by atoms with van der Waals surface area (Å²) >= 11 is 0. The highest BCUT2D eigenvalue weighted by Gasteiger charge is 2.11. The molecular weight excluding hydrogens is 220 g/mol. The van der Waals surface area contributed by atoms with Crippen LogP contribution >= 0.6 is 0 Å². The topological polar surface area (TPSA) is 80.9 Å². The Kier molecular flexibility index (Phi) is 3.13. The van der Waals surface area contributed by atoms with E-state index in [-0.39, 0.29) is 6.42 Å². The molecule has 6 heteroatoms. The average Bonchev–Trinajstić information content (AvgIpc) is 2.69. The number of carbonyl (C=O) groups is 1. The fourth-order valence-electron chi connectivity index (χ4n) is 1.54. The second-order valence-electron chi connectivity index (χ2n) is 3.63. The van der Waals surface area contributed by atoms with Crippen molar-refractivity contribution >= 4 is 5.97 Å². The molecular formula is C11H12N4O2. The Morgan fingerprint density at radius 3 is 2.94 bits per heavy atom. The zero-order valence-corrected chi connectivity index (χ0v) is 9.37. The summed E-state index contributed by atoms with van der Waals surface area (Å²) in [6.45, 7) is 0. The van der Waals surface area contributed by atoms with E-state index in [1.54, 1.807) is 17.0 Å². The molecule has 6 nitrogen and oxygen atoms in total. The number of pyridine rings is 1. The summed E-state index contributed by atoms with van der Waals surface area (Å²) in [5.41, 5.74) is 0.865. The molecule has 0 unspecified atom stereocenters. The predicted octanol–water partition coefficient (Wildman–Crippen LogP) is 0.894. The van der Waals surface area contributed by atoms with Crippen LogP contribution in [0.1, 0.15) is 12.2 Å². The van der Waals surface area contributed by atoms with Crippen molar-refractivity contribution in [3.05, 3.63) is 30.4 Å². The van der Waals surface area contributed by atoms with Crippen LogP contribution in [0.25, 0.3) is 11.4 Å². The molecule has 0 aliphatic carbocycles. The smallest absolute Gasteiger partial charge is 0.303 e. The molecule has 2 aromatic rings. The van der Waals surface area contributed by atoms with Crippen LogP contribution in [0.3, 0.4) is 0 Å². The zero-order valence-electron chi connectivity index (χ0n) is 9.37. The van der Waals surface area contributed by atoms with Crippen LogP contribution in [0.5, 0.6) is 0 Å². The van der Waals surface area contributed by atoms with Gasteiger partial charge in [0.05, 0.1) is 6.42 Å². The number of aromatic nitrogens is 4. The fraction of sp³-hybridized carbons (Fsp3) is 0.273. The average molecular weight is 232 g/mol. The Morgan fingerprint density at radius 1 is 1.47 bits per heavy atom. The summed E-state index contributed by atoms with van der Waals surface area (Å²) in [5, 5.41) is 16.7. The van der Waals surface area contributed by atoms with Gasteiger partial charge in [-0.2, -0.15) is 0 Å². The quantitative estimate of drug-likeness (QED) is 0.846. The summed E-state index contributed by atoms with van der Waals surface area (Å²) in [6.07, 6.45) is 3.81. The molecule has 0 aromatic carbocycles. The van der Waals surface area contributed by atoms with Gasteiger partial charge < -0.3 is 9.67 Å². The van der Waals surface area contributed by atoms with Gasteiger partial charge in [0.25, 0.3) is 0 Å². The molecule has 0 radical (unpaired) electrons. The van der Waals surface area contributed by atoms with E-state index in [0.717, 1.165) is 5.56 Å². The monoisotopic (exact) mass is 232 g/mol. The van der Waals surface area contributed by atoms with Gasteiger partial charge in [0.1, 0.15) is 5.82 Å². The van der Waals surface area contributed by atoms with Crippen molar-refractivity contribution in [3.8, 4) is 11.4 Å². The molecule has 0 fully saturated rings. The number of hydrogen-bond donors (Lipinski definition) is 1. The molecule has 17 heavy (non-hydrogen) atoms. The van der Waals surface area contributed by atoms with Crippen molar-refractivity contribution in [3.63, 3.8) is 0 Å². The molecule has 88 valence electrons. The van der Waals surface area contributed by atoms with Crippen molar-refractivity contribution in [2.24, 2.45) is 7.05 Å². The number of aliphatic carboxylic acids is 1. The van der Waals surface area contributed by atoms with Crippen molar-refractivity contribution in [2.45, 2.75) is 12.8 Å². The Labute approximate surface area is 98.0 Å². The van der Waals surface area contributed by atoms with E-state index >= 15 is 0 Å². The molecule has 0 saturated carbocycles. The van der Waals surface area contributed by atoms with Gasteiger partial charge in [0.15, 0.2) is 5.82 Å². The van der Waals surface area contributed by atoms with Crippen molar-refractivity contribution in [2.75, 3.05) is 0 Å². The first kappa shape index (κ1) is 11.3. The molecule has 0 aliphatic heterocycles. The molecule has 0 atom stereocenters. The first-order valence-electron chi connectivity index (χ1n) is 5.19. The van der Waals surface area contributed by atoms with Crippen LogP contribution in [0.4, 0.5) is 0 Å². The van der Waals surface area contributed by atoms with Gasteiger partial charge >= 0.3 is 5.97 Å². The maximum Gasteiger partial charge on any atom is 0.303 e. The first-order chi connectivity index (χ1) is 8.18. The van der Waals surface area contributed by atoms with Crippen LogP contribution in [0.15, 0.2) is 24.5 Å². The van der Waals surface area contributed by atoms with Gasteiger partial charge in [-0.15, -0.1) is 10.2 Å². The highest BCUT2D eigenvalue weighted by atomic mass is 16.4. The van der Waals surface area contributed by atoms with E-state index in [0.29, 0.717) is 18.1 Å². The third-order valence-electron chi connectivity index (χ3n) is 2.45. The zero-order chi connectivity index (χ0) is 12.3. The number of aryl methyl sites for hydroxylation is 1. The Morgan fingerprint density at radius 2 is 2.29 bits per heavy atom. The van der Waals surface area contributed by atoms with E-state index < -0.39 is 5.97 Å². The summed E-state index contributed by atoms with van der Waals surface area (Å²) in [7, 11) is 1.82. The Bertz CT molecular complexity index is 522. The molecule has 2 aromatic heterocycles. The van der Waals surface area contributed by atoms with Crippen LogP contribution in [-0.2, 0) is 18.3 Å². The van der Waals surface area contributed by atoms with Gasteiger partial charge in [0, 0.05) is 31.4 Å². The van der Waals surface area contributed by atoms with E-state index in [1.165, 1.54) is 0 Å². The third-order valence-corrected chi connectivity index (χ3v) is 2.45. The molecule has 0 spiro atoms. The molecule has 2 rings (SSSR count). The summed E-state index contributed by atoms with van der Waals surface area (Å²) in [4.78, 5) is 14.5. The van der Waals surface area contributed by atoms with Crippen LogP contribution in [0, 0.1) is 0 Å². The minimum absolute atomic E-state index is 0.0546. The second-order valence-corrected chi connectivity index (χ2v) is 3.63. The van der Waals surface area contributed by atoms with Gasteiger partial charge in [-0.05, 0) is 12.1 Å².